The fraction of sp³-hybridized carbons (Fsp3) is 0.500. The molecule has 1 aromatic heterocycles. The van der Waals surface area contributed by atoms with Crippen molar-refractivity contribution >= 4 is 40.4 Å². The number of hydrogen-bond donors (Lipinski definition) is 3. The van der Waals surface area contributed by atoms with Gasteiger partial charge in [0.15, 0.2) is 5.82 Å². The molecule has 1 aromatic carbocycles. The van der Waals surface area contributed by atoms with Crippen LogP contribution in [0, 0.1) is 18.2 Å². The Labute approximate surface area is 184 Å². The van der Waals surface area contributed by atoms with Crippen LogP contribution >= 0.6 is 11.6 Å². The number of fused-ring (bicyclic) bond motifs is 1. The van der Waals surface area contributed by atoms with Crippen LogP contribution in [0.15, 0.2) is 4.79 Å². The second kappa shape index (κ2) is 8.24. The van der Waals surface area contributed by atoms with Gasteiger partial charge in [-0.25, -0.2) is 9.18 Å². The molecule has 0 bridgehead atoms. The summed E-state index contributed by atoms with van der Waals surface area (Å²) in [5.74, 6) is -1.99. The van der Waals surface area contributed by atoms with Gasteiger partial charge >= 0.3 is 5.97 Å². The van der Waals surface area contributed by atoms with Crippen molar-refractivity contribution in [3.63, 3.8) is 0 Å². The third-order valence-corrected chi connectivity index (χ3v) is 6.64. The molecule has 2 fully saturated rings. The Balaban J connectivity index is 2.12. The highest BCUT2D eigenvalue weighted by Crippen LogP contribution is 2.45. The quantitative estimate of drug-likeness (QED) is 0.604. The molecule has 31 heavy (non-hydrogen) atoms. The van der Waals surface area contributed by atoms with Crippen LogP contribution in [0.2, 0.25) is 5.02 Å². The molecule has 0 unspecified atom stereocenters. The minimum absolute atomic E-state index is 0.00315. The lowest BCUT2D eigenvalue weighted by atomic mass is 9.99. The van der Waals surface area contributed by atoms with Gasteiger partial charge in [0, 0.05) is 49.1 Å². The van der Waals surface area contributed by atoms with Gasteiger partial charge in [-0.3, -0.25) is 4.79 Å². The number of hydrogen-bond acceptors (Lipinski definition) is 5. The van der Waals surface area contributed by atoms with Gasteiger partial charge in [0.2, 0.25) is 5.43 Å². The molecule has 1 aliphatic heterocycles. The lowest BCUT2D eigenvalue weighted by Crippen LogP contribution is -2.37. The van der Waals surface area contributed by atoms with Gasteiger partial charge in [-0.05, 0) is 32.6 Å². The second-order valence-electron chi connectivity index (χ2n) is 8.49. The van der Waals surface area contributed by atoms with Gasteiger partial charge < -0.3 is 25.7 Å². The van der Waals surface area contributed by atoms with E-state index in [1.54, 1.807) is 4.57 Å². The smallest absolute Gasteiger partial charge is 0.341 e. The Kier molecular flexibility index (Phi) is 5.79. The van der Waals surface area contributed by atoms with Gasteiger partial charge in [0.25, 0.3) is 0 Å². The summed E-state index contributed by atoms with van der Waals surface area (Å²) in [6.45, 7) is 2.55. The lowest BCUT2D eigenvalue weighted by Gasteiger charge is -2.29. The summed E-state index contributed by atoms with van der Waals surface area (Å²) >= 11 is 6.82. The van der Waals surface area contributed by atoms with Crippen molar-refractivity contribution in [3.05, 3.63) is 37.9 Å². The fourth-order valence-electron chi connectivity index (χ4n) is 4.71. The van der Waals surface area contributed by atoms with E-state index in [1.807, 2.05) is 4.90 Å². The first-order valence-corrected chi connectivity index (χ1v) is 11.0. The topological polar surface area (TPSA) is 112 Å². The molecular formula is C22H26ClFN4O3. The Morgan fingerprint density at radius 2 is 2.06 bits per heavy atom. The summed E-state index contributed by atoms with van der Waals surface area (Å²) in [5, 5.41) is 17.4. The summed E-state index contributed by atoms with van der Waals surface area (Å²) in [5.41, 5.74) is 5.95. The molecule has 1 aliphatic carbocycles. The molecule has 1 saturated carbocycles. The number of aromatic nitrogens is 1. The van der Waals surface area contributed by atoms with Crippen LogP contribution < -0.4 is 16.1 Å². The van der Waals surface area contributed by atoms with E-state index in [4.69, 9.17) is 22.7 Å². The van der Waals surface area contributed by atoms with Crippen LogP contribution in [-0.2, 0) is 6.42 Å². The Morgan fingerprint density at radius 3 is 2.68 bits per heavy atom. The first-order valence-electron chi connectivity index (χ1n) is 10.6. The van der Waals surface area contributed by atoms with E-state index in [0.717, 1.165) is 38.3 Å². The van der Waals surface area contributed by atoms with E-state index in [9.17, 15) is 14.7 Å². The second-order valence-corrected chi connectivity index (χ2v) is 8.87. The number of carboxylic acid groups (broad SMARTS) is 1. The van der Waals surface area contributed by atoms with E-state index in [-0.39, 0.29) is 45.9 Å². The number of aromatic carboxylic acids is 1. The standard InChI is InChI=1S/C22H26ClFN4O3/c1-11-15-19(17(23)20(18(11)24)27-9-3-2-4-12(26)10-27)28(13-5-6-13)14(7-8-25)16(21(15)29)22(30)31/h8,12-13,25H,2-7,9-10,26H2,1H3,(H,30,31)/t12-/m1/s1. The maximum Gasteiger partial charge on any atom is 0.341 e. The summed E-state index contributed by atoms with van der Waals surface area (Å²) in [6, 6.07) is -0.139. The zero-order valence-electron chi connectivity index (χ0n) is 17.4. The molecule has 4 N–H and O–H groups in total. The SMILES string of the molecule is Cc1c(F)c(N2CCCC[C@@H](N)C2)c(Cl)c2c1c(=O)c(C(=O)O)c(CC=N)n2C1CC1. The molecule has 2 aliphatic rings. The van der Waals surface area contributed by atoms with E-state index in [1.165, 1.54) is 6.92 Å². The molecular weight excluding hydrogens is 423 g/mol. The number of carboxylic acids is 1. The van der Waals surface area contributed by atoms with E-state index >= 15 is 4.39 Å². The summed E-state index contributed by atoms with van der Waals surface area (Å²) in [7, 11) is 0. The van der Waals surface area contributed by atoms with Crippen molar-refractivity contribution in [2.24, 2.45) is 5.73 Å². The highest BCUT2D eigenvalue weighted by Gasteiger charge is 2.35. The van der Waals surface area contributed by atoms with E-state index < -0.39 is 22.8 Å². The molecule has 2 heterocycles. The number of anilines is 1. The van der Waals surface area contributed by atoms with Crippen molar-refractivity contribution in [3.8, 4) is 0 Å². The number of aryl methyl sites for hydroxylation is 1. The predicted octanol–water partition coefficient (Wildman–Crippen LogP) is 3.65. The number of nitrogens with two attached hydrogens (primary N) is 1. The predicted molar refractivity (Wildman–Crippen MR) is 120 cm³/mol. The summed E-state index contributed by atoms with van der Waals surface area (Å²) < 4.78 is 17.4. The molecule has 7 nitrogen and oxygen atoms in total. The van der Waals surface area contributed by atoms with Crippen LogP contribution in [0.5, 0.6) is 0 Å². The maximum absolute atomic E-state index is 15.6. The Hall–Kier alpha value is -2.45. The molecule has 0 amide bonds. The van der Waals surface area contributed by atoms with Crippen LogP contribution in [0.3, 0.4) is 0 Å². The number of nitrogens with zero attached hydrogens (tertiary/aromatic N) is 2. The van der Waals surface area contributed by atoms with Gasteiger partial charge in [-0.2, -0.15) is 0 Å². The third kappa shape index (κ3) is 3.61. The maximum atomic E-state index is 15.6. The molecule has 0 radical (unpaired) electrons. The van der Waals surface area contributed by atoms with Crippen molar-refractivity contribution in [2.75, 3.05) is 18.0 Å². The lowest BCUT2D eigenvalue weighted by molar-refractivity contribution is 0.0693. The number of carbonyl (C=O) groups is 1. The van der Waals surface area contributed by atoms with Crippen molar-refractivity contribution in [2.45, 2.75) is 57.5 Å². The Morgan fingerprint density at radius 1 is 1.35 bits per heavy atom. The zero-order valence-corrected chi connectivity index (χ0v) is 18.1. The third-order valence-electron chi connectivity index (χ3n) is 6.28. The first-order chi connectivity index (χ1) is 14.8. The number of rotatable bonds is 5. The van der Waals surface area contributed by atoms with E-state index in [2.05, 4.69) is 0 Å². The van der Waals surface area contributed by atoms with Gasteiger partial charge in [0.05, 0.1) is 21.6 Å². The monoisotopic (exact) mass is 448 g/mol. The van der Waals surface area contributed by atoms with Crippen molar-refractivity contribution < 1.29 is 14.3 Å². The summed E-state index contributed by atoms with van der Waals surface area (Å²) in [6.07, 6.45) is 5.32. The van der Waals surface area contributed by atoms with Crippen molar-refractivity contribution in [1.29, 1.82) is 5.41 Å². The average Bonchev–Trinajstić information content (AvgIpc) is 3.54. The minimum atomic E-state index is -1.38. The van der Waals surface area contributed by atoms with Crippen LogP contribution in [-0.4, -0.2) is 41.0 Å². The van der Waals surface area contributed by atoms with Crippen LogP contribution in [0.25, 0.3) is 10.9 Å². The van der Waals surface area contributed by atoms with E-state index in [0.29, 0.717) is 18.6 Å². The molecule has 9 heteroatoms. The molecule has 1 saturated heterocycles. The largest absolute Gasteiger partial charge is 0.477 e. The number of nitrogens with one attached hydrogen (secondary N) is 1. The minimum Gasteiger partial charge on any atom is -0.477 e. The van der Waals surface area contributed by atoms with Gasteiger partial charge in [0.1, 0.15) is 5.56 Å². The first kappa shape index (κ1) is 21.8. The van der Waals surface area contributed by atoms with Crippen molar-refractivity contribution in [1.82, 2.24) is 4.57 Å². The highest BCUT2D eigenvalue weighted by molar-refractivity contribution is 6.38. The highest BCUT2D eigenvalue weighted by atomic mass is 35.5. The zero-order chi connectivity index (χ0) is 22.4. The molecule has 166 valence electrons. The molecule has 2 aromatic rings. The van der Waals surface area contributed by atoms with Gasteiger partial charge in [-0.15, -0.1) is 0 Å². The molecule has 0 spiro atoms. The number of benzene rings is 1. The average molecular weight is 449 g/mol. The Bertz CT molecular complexity index is 1140. The van der Waals surface area contributed by atoms with Crippen LogP contribution in [0.4, 0.5) is 10.1 Å². The molecule has 1 atom stereocenters. The van der Waals surface area contributed by atoms with Gasteiger partial charge in [-0.1, -0.05) is 18.0 Å². The summed E-state index contributed by atoms with van der Waals surface area (Å²) in [4.78, 5) is 27.1. The number of pyridine rings is 1. The fourth-order valence-corrected chi connectivity index (χ4v) is 5.10. The normalized spacial score (nSPS) is 19.5. The molecule has 4 rings (SSSR count). The van der Waals surface area contributed by atoms with Crippen LogP contribution in [0.1, 0.15) is 59.8 Å². The number of halogens is 2.